The summed E-state index contributed by atoms with van der Waals surface area (Å²) in [5.41, 5.74) is 0.694. The maximum Gasteiger partial charge on any atom is 0.573 e. The molecule has 0 unspecified atom stereocenters. The highest BCUT2D eigenvalue weighted by Crippen LogP contribution is 2.28. The Kier molecular flexibility index (Phi) is 8.03. The van der Waals surface area contributed by atoms with Gasteiger partial charge in [-0.1, -0.05) is 24.3 Å². The Balaban J connectivity index is 0.00000324. The van der Waals surface area contributed by atoms with Crippen molar-refractivity contribution in [2.75, 3.05) is 17.7 Å². The van der Waals surface area contributed by atoms with Gasteiger partial charge in [0.25, 0.3) is 5.91 Å². The molecule has 182 valence electrons. The van der Waals surface area contributed by atoms with Crippen molar-refractivity contribution in [2.24, 2.45) is 0 Å². The van der Waals surface area contributed by atoms with Crippen molar-refractivity contribution in [1.29, 1.82) is 0 Å². The number of carbonyl (C=O) groups is 1. The van der Waals surface area contributed by atoms with Gasteiger partial charge in [0.1, 0.15) is 11.6 Å². The summed E-state index contributed by atoms with van der Waals surface area (Å²) < 4.78 is 41.9. The number of ether oxygens (including phenoxy) is 1. The van der Waals surface area contributed by atoms with Gasteiger partial charge in [0, 0.05) is 24.5 Å². The van der Waals surface area contributed by atoms with Gasteiger partial charge in [0.05, 0.1) is 11.1 Å². The monoisotopic (exact) mass is 495 g/mol. The number of alkyl halides is 3. The van der Waals surface area contributed by atoms with Crippen LogP contribution in [0.25, 0.3) is 10.9 Å². The number of nitrogens with zero attached hydrogens (tertiary/aromatic N) is 2. The van der Waals surface area contributed by atoms with Crippen LogP contribution in [0.15, 0.2) is 48.5 Å². The van der Waals surface area contributed by atoms with Gasteiger partial charge in [-0.15, -0.1) is 25.6 Å². The molecule has 0 spiro atoms. The number of hydrogen-bond acceptors (Lipinski definition) is 6. The van der Waals surface area contributed by atoms with Crippen LogP contribution in [-0.4, -0.2) is 41.4 Å². The molecule has 0 atom stereocenters. The summed E-state index contributed by atoms with van der Waals surface area (Å²) in [5.74, 6) is 0.182. The first-order valence-corrected chi connectivity index (χ1v) is 10.7. The third-order valence-electron chi connectivity index (χ3n) is 5.59. The fourth-order valence-electron chi connectivity index (χ4n) is 4.03. The number of hydrogen-bond donors (Lipinski definition) is 3. The molecular weight excluding hydrogens is 471 g/mol. The van der Waals surface area contributed by atoms with E-state index >= 15 is 0 Å². The van der Waals surface area contributed by atoms with Crippen LogP contribution in [0, 0.1) is 0 Å². The van der Waals surface area contributed by atoms with Crippen LogP contribution in [0.2, 0.25) is 0 Å². The molecule has 1 aliphatic carbocycles. The zero-order chi connectivity index (χ0) is 23.4. The number of amides is 1. The molecule has 0 aliphatic heterocycles. The van der Waals surface area contributed by atoms with E-state index in [1.807, 2.05) is 31.3 Å². The number of nitrogens with one attached hydrogen (secondary N) is 3. The maximum atomic E-state index is 12.6. The van der Waals surface area contributed by atoms with Crippen LogP contribution in [0.4, 0.5) is 24.9 Å². The van der Waals surface area contributed by atoms with Gasteiger partial charge in [-0.25, -0.2) is 4.98 Å². The molecule has 3 N–H and O–H groups in total. The van der Waals surface area contributed by atoms with Crippen LogP contribution in [-0.2, 0) is 0 Å². The summed E-state index contributed by atoms with van der Waals surface area (Å²) in [4.78, 5) is 21.7. The molecule has 1 aliphatic rings. The molecule has 0 radical (unpaired) electrons. The van der Waals surface area contributed by atoms with Gasteiger partial charge in [0.15, 0.2) is 0 Å². The summed E-state index contributed by atoms with van der Waals surface area (Å²) in [6.45, 7) is 0. The number of halogens is 4. The highest BCUT2D eigenvalue weighted by molar-refractivity contribution is 5.97. The normalized spacial score (nSPS) is 18.0. The standard InChI is InChI=1S/C23H24F3N5O2.ClH/c1-27-20-16-6-2-4-8-18(16)30-22(31-20)29-15-12-10-14(11-13-15)28-21(32)17-7-3-5-9-19(17)33-23(24,25)26;/h2-9,14-15H,10-13H2,1H3,(H,28,32)(H2,27,29,30,31);1H/t14-,15+;. The van der Waals surface area contributed by atoms with Crippen LogP contribution < -0.4 is 20.7 Å². The van der Waals surface area contributed by atoms with Gasteiger partial charge >= 0.3 is 6.36 Å². The van der Waals surface area contributed by atoms with E-state index in [0.29, 0.717) is 18.8 Å². The lowest BCUT2D eigenvalue weighted by Gasteiger charge is -2.30. The van der Waals surface area contributed by atoms with Crippen molar-refractivity contribution in [3.05, 3.63) is 54.1 Å². The van der Waals surface area contributed by atoms with Crippen molar-refractivity contribution in [3.63, 3.8) is 0 Å². The Bertz CT molecular complexity index is 1140. The maximum absolute atomic E-state index is 12.6. The third kappa shape index (κ3) is 6.19. The van der Waals surface area contributed by atoms with E-state index in [0.717, 1.165) is 35.6 Å². The number of rotatable bonds is 6. The second-order valence-electron chi connectivity index (χ2n) is 7.87. The largest absolute Gasteiger partial charge is 0.573 e. The Labute approximate surface area is 200 Å². The number of para-hydroxylation sites is 2. The number of benzene rings is 2. The topological polar surface area (TPSA) is 88.2 Å². The Morgan fingerprint density at radius 1 is 0.971 bits per heavy atom. The van der Waals surface area contributed by atoms with Crippen molar-refractivity contribution in [3.8, 4) is 5.75 Å². The fourth-order valence-corrected chi connectivity index (χ4v) is 4.03. The molecule has 7 nitrogen and oxygen atoms in total. The molecule has 1 heterocycles. The number of aromatic nitrogens is 2. The Morgan fingerprint density at radius 2 is 1.62 bits per heavy atom. The van der Waals surface area contributed by atoms with E-state index < -0.39 is 18.0 Å². The molecule has 4 rings (SSSR count). The minimum Gasteiger partial charge on any atom is -0.405 e. The predicted molar refractivity (Wildman–Crippen MR) is 127 cm³/mol. The lowest BCUT2D eigenvalue weighted by molar-refractivity contribution is -0.274. The molecule has 3 aromatic rings. The molecule has 34 heavy (non-hydrogen) atoms. The Morgan fingerprint density at radius 3 is 2.32 bits per heavy atom. The van der Waals surface area contributed by atoms with Crippen LogP contribution in [0.3, 0.4) is 0 Å². The first-order chi connectivity index (χ1) is 15.8. The van der Waals surface area contributed by atoms with Crippen LogP contribution in [0.5, 0.6) is 5.75 Å². The van der Waals surface area contributed by atoms with Crippen molar-refractivity contribution < 1.29 is 22.7 Å². The summed E-state index contributed by atoms with van der Waals surface area (Å²) in [7, 11) is 1.81. The Hall–Kier alpha value is -3.27. The number of fused-ring (bicyclic) bond motifs is 1. The lowest BCUT2D eigenvalue weighted by atomic mass is 9.91. The summed E-state index contributed by atoms with van der Waals surface area (Å²) in [6, 6.07) is 13.1. The average molecular weight is 496 g/mol. The molecule has 1 aromatic heterocycles. The van der Waals surface area contributed by atoms with E-state index in [1.165, 1.54) is 18.2 Å². The van der Waals surface area contributed by atoms with Gasteiger partial charge in [0.2, 0.25) is 5.95 Å². The lowest BCUT2D eigenvalue weighted by Crippen LogP contribution is -2.40. The predicted octanol–water partition coefficient (Wildman–Crippen LogP) is 5.15. The number of anilines is 2. The van der Waals surface area contributed by atoms with Crippen molar-refractivity contribution in [1.82, 2.24) is 15.3 Å². The summed E-state index contributed by atoms with van der Waals surface area (Å²) in [6.07, 6.45) is -1.98. The van der Waals surface area contributed by atoms with E-state index in [1.54, 1.807) is 0 Å². The molecule has 0 bridgehead atoms. The molecule has 11 heteroatoms. The summed E-state index contributed by atoms with van der Waals surface area (Å²) in [5, 5.41) is 10.2. The minimum absolute atomic E-state index is 0. The third-order valence-corrected chi connectivity index (χ3v) is 5.59. The minimum atomic E-state index is -4.86. The van der Waals surface area contributed by atoms with E-state index in [4.69, 9.17) is 0 Å². The molecule has 1 fully saturated rings. The quantitative estimate of drug-likeness (QED) is 0.438. The van der Waals surface area contributed by atoms with Crippen LogP contribution >= 0.6 is 12.4 Å². The smallest absolute Gasteiger partial charge is 0.405 e. The molecule has 2 aromatic carbocycles. The molecular formula is C23H25ClF3N5O2. The molecule has 0 saturated heterocycles. The zero-order valence-electron chi connectivity index (χ0n) is 18.4. The molecule has 1 amide bonds. The second kappa shape index (κ2) is 10.8. The van der Waals surface area contributed by atoms with Gasteiger partial charge in [-0.05, 0) is 49.9 Å². The van der Waals surface area contributed by atoms with Crippen molar-refractivity contribution in [2.45, 2.75) is 44.1 Å². The highest BCUT2D eigenvalue weighted by atomic mass is 35.5. The highest BCUT2D eigenvalue weighted by Gasteiger charge is 2.33. The van der Waals surface area contributed by atoms with E-state index in [2.05, 4.69) is 30.7 Å². The first kappa shape index (κ1) is 25.4. The summed E-state index contributed by atoms with van der Waals surface area (Å²) >= 11 is 0. The first-order valence-electron chi connectivity index (χ1n) is 10.7. The fraction of sp³-hybridized carbons (Fsp3) is 0.348. The van der Waals surface area contributed by atoms with Gasteiger partial charge in [-0.2, -0.15) is 4.98 Å². The zero-order valence-corrected chi connectivity index (χ0v) is 19.2. The van der Waals surface area contributed by atoms with E-state index in [9.17, 15) is 18.0 Å². The van der Waals surface area contributed by atoms with Crippen LogP contribution in [0.1, 0.15) is 36.0 Å². The van der Waals surface area contributed by atoms with Crippen molar-refractivity contribution >= 4 is 41.0 Å². The number of carbonyl (C=O) groups excluding carboxylic acids is 1. The second-order valence-corrected chi connectivity index (χ2v) is 7.87. The molecule has 1 saturated carbocycles. The van der Waals surface area contributed by atoms with Gasteiger partial charge < -0.3 is 20.7 Å². The average Bonchev–Trinajstić information content (AvgIpc) is 2.79. The SMILES string of the molecule is CNc1nc(N[C@H]2CC[C@@H](NC(=O)c3ccccc3OC(F)(F)F)CC2)nc2ccccc12.Cl. The van der Waals surface area contributed by atoms with E-state index in [-0.39, 0.29) is 30.1 Å². The van der Waals surface area contributed by atoms with Gasteiger partial charge in [-0.3, -0.25) is 4.79 Å².